The maximum Gasteiger partial charge on any atom is 0.573 e. The van der Waals surface area contributed by atoms with E-state index in [9.17, 15) is 13.2 Å². The van der Waals surface area contributed by atoms with Gasteiger partial charge in [0, 0.05) is 12.8 Å². The minimum Gasteiger partial charge on any atom is -0.406 e. The molecule has 1 aliphatic heterocycles. The number of alkyl halides is 3. The molecule has 1 saturated carbocycles. The predicted octanol–water partition coefficient (Wildman–Crippen LogP) is 3.99. The number of ether oxygens (including phenoxy) is 3. The van der Waals surface area contributed by atoms with Gasteiger partial charge in [-0.05, 0) is 36.5 Å². The van der Waals surface area contributed by atoms with Gasteiger partial charge in [-0.15, -0.1) is 13.2 Å². The minimum absolute atomic E-state index is 0.180. The Morgan fingerprint density at radius 3 is 2.10 bits per heavy atom. The van der Waals surface area contributed by atoms with Gasteiger partial charge in [0.25, 0.3) is 0 Å². The van der Waals surface area contributed by atoms with Crippen molar-refractivity contribution in [3.05, 3.63) is 29.8 Å². The molecule has 1 saturated heterocycles. The van der Waals surface area contributed by atoms with Crippen LogP contribution in [0.25, 0.3) is 0 Å². The molecule has 6 heteroatoms. The number of halogens is 3. The Balaban J connectivity index is 1.60. The van der Waals surface area contributed by atoms with Gasteiger partial charge in [0.15, 0.2) is 5.79 Å². The Labute approximate surface area is 121 Å². The van der Waals surface area contributed by atoms with Crippen LogP contribution in [0.15, 0.2) is 24.3 Å². The highest BCUT2D eigenvalue weighted by atomic mass is 19.4. The van der Waals surface area contributed by atoms with Crippen molar-refractivity contribution in [3.8, 4) is 5.75 Å². The van der Waals surface area contributed by atoms with Gasteiger partial charge in [-0.3, -0.25) is 0 Å². The van der Waals surface area contributed by atoms with Crippen LogP contribution in [0.4, 0.5) is 13.2 Å². The van der Waals surface area contributed by atoms with Crippen molar-refractivity contribution in [1.29, 1.82) is 0 Å². The van der Waals surface area contributed by atoms with E-state index in [4.69, 9.17) is 9.47 Å². The Bertz CT molecular complexity index is 468. The van der Waals surface area contributed by atoms with Crippen LogP contribution < -0.4 is 4.74 Å². The molecule has 0 N–H and O–H groups in total. The molecule has 2 aliphatic rings. The Hall–Kier alpha value is -1.27. The molecule has 2 fully saturated rings. The van der Waals surface area contributed by atoms with Crippen molar-refractivity contribution in [2.45, 2.75) is 43.8 Å². The van der Waals surface area contributed by atoms with Crippen molar-refractivity contribution in [2.24, 2.45) is 0 Å². The summed E-state index contributed by atoms with van der Waals surface area (Å²) in [6.45, 7) is 1.29. The van der Waals surface area contributed by atoms with E-state index in [2.05, 4.69) is 4.74 Å². The van der Waals surface area contributed by atoms with Crippen LogP contribution in [0.3, 0.4) is 0 Å². The van der Waals surface area contributed by atoms with Gasteiger partial charge in [0.1, 0.15) is 5.75 Å². The second-order valence-corrected chi connectivity index (χ2v) is 5.50. The van der Waals surface area contributed by atoms with E-state index in [1.54, 1.807) is 12.1 Å². The molecule has 0 radical (unpaired) electrons. The van der Waals surface area contributed by atoms with Crippen LogP contribution in [0.5, 0.6) is 5.75 Å². The van der Waals surface area contributed by atoms with Crippen LogP contribution in [0.1, 0.15) is 37.2 Å². The molecule has 116 valence electrons. The molecular weight excluding hydrogens is 285 g/mol. The molecule has 21 heavy (non-hydrogen) atoms. The van der Waals surface area contributed by atoms with Gasteiger partial charge in [-0.2, -0.15) is 0 Å². The van der Waals surface area contributed by atoms with E-state index in [-0.39, 0.29) is 5.75 Å². The van der Waals surface area contributed by atoms with Crippen molar-refractivity contribution in [3.63, 3.8) is 0 Å². The fourth-order valence-corrected chi connectivity index (χ4v) is 3.12. The summed E-state index contributed by atoms with van der Waals surface area (Å²) in [7, 11) is 0. The molecule has 3 rings (SSSR count). The summed E-state index contributed by atoms with van der Waals surface area (Å²) >= 11 is 0. The Morgan fingerprint density at radius 1 is 1.00 bits per heavy atom. The maximum atomic E-state index is 12.1. The summed E-state index contributed by atoms with van der Waals surface area (Å²) in [4.78, 5) is 0. The lowest BCUT2D eigenvalue weighted by atomic mass is 9.81. The molecule has 0 aromatic heterocycles. The fourth-order valence-electron chi connectivity index (χ4n) is 3.12. The van der Waals surface area contributed by atoms with Crippen LogP contribution in [0.2, 0.25) is 0 Å². The molecule has 1 heterocycles. The van der Waals surface area contributed by atoms with E-state index in [1.807, 2.05) is 0 Å². The number of benzene rings is 1. The van der Waals surface area contributed by atoms with Crippen molar-refractivity contribution >= 4 is 0 Å². The van der Waals surface area contributed by atoms with Crippen LogP contribution in [-0.4, -0.2) is 25.4 Å². The third-order valence-corrected chi connectivity index (χ3v) is 4.15. The topological polar surface area (TPSA) is 27.7 Å². The summed E-state index contributed by atoms with van der Waals surface area (Å²) in [5, 5.41) is 0. The first kappa shape index (κ1) is 14.7. The molecule has 1 aromatic rings. The normalized spacial score (nSPS) is 22.6. The zero-order valence-corrected chi connectivity index (χ0v) is 11.5. The molecular formula is C15H17F3O3. The molecule has 1 aliphatic carbocycles. The molecule has 0 atom stereocenters. The number of hydrogen-bond donors (Lipinski definition) is 0. The standard InChI is InChI=1S/C15H17F3O3/c16-15(17,18)21-13-3-1-11(2-4-13)12-5-7-14(8-6-12)19-9-10-20-14/h1-4,12H,5-10H2. The summed E-state index contributed by atoms with van der Waals surface area (Å²) in [6, 6.07) is 6.16. The zero-order valence-electron chi connectivity index (χ0n) is 11.5. The number of rotatable bonds is 2. The summed E-state index contributed by atoms with van der Waals surface area (Å²) in [5.74, 6) is -0.250. The monoisotopic (exact) mass is 302 g/mol. The van der Waals surface area contributed by atoms with Gasteiger partial charge in [-0.25, -0.2) is 0 Å². The third kappa shape index (κ3) is 3.49. The molecule has 0 unspecified atom stereocenters. The van der Waals surface area contributed by atoms with Crippen molar-refractivity contribution < 1.29 is 27.4 Å². The maximum absolute atomic E-state index is 12.1. The van der Waals surface area contributed by atoms with Gasteiger partial charge in [0.2, 0.25) is 0 Å². The van der Waals surface area contributed by atoms with Crippen LogP contribution >= 0.6 is 0 Å². The third-order valence-electron chi connectivity index (χ3n) is 4.15. The zero-order chi connectivity index (χ0) is 14.9. The molecule has 0 bridgehead atoms. The second kappa shape index (κ2) is 5.50. The first-order valence-electron chi connectivity index (χ1n) is 7.09. The quantitative estimate of drug-likeness (QED) is 0.827. The van der Waals surface area contributed by atoms with Gasteiger partial charge >= 0.3 is 6.36 Å². The lowest BCUT2D eigenvalue weighted by molar-refractivity contribution is -0.274. The van der Waals surface area contributed by atoms with E-state index in [1.165, 1.54) is 12.1 Å². The lowest BCUT2D eigenvalue weighted by Gasteiger charge is -2.35. The molecule has 1 spiro atoms. The van der Waals surface area contributed by atoms with Gasteiger partial charge in [-0.1, -0.05) is 12.1 Å². The first-order valence-corrected chi connectivity index (χ1v) is 7.09. The fraction of sp³-hybridized carbons (Fsp3) is 0.600. The van der Waals surface area contributed by atoms with Crippen molar-refractivity contribution in [1.82, 2.24) is 0 Å². The smallest absolute Gasteiger partial charge is 0.406 e. The number of hydrogen-bond acceptors (Lipinski definition) is 3. The average Bonchev–Trinajstić information content (AvgIpc) is 2.87. The predicted molar refractivity (Wildman–Crippen MR) is 69.0 cm³/mol. The highest BCUT2D eigenvalue weighted by Crippen LogP contribution is 2.42. The molecule has 0 amide bonds. The summed E-state index contributed by atoms with van der Waals surface area (Å²) in [6.07, 6.45) is -1.15. The SMILES string of the molecule is FC(F)(F)Oc1ccc(C2CCC3(CC2)OCCO3)cc1. The Morgan fingerprint density at radius 2 is 1.57 bits per heavy atom. The van der Waals surface area contributed by atoms with E-state index >= 15 is 0 Å². The lowest BCUT2D eigenvalue weighted by Crippen LogP contribution is -2.34. The highest BCUT2D eigenvalue weighted by molar-refractivity contribution is 5.30. The minimum atomic E-state index is -4.64. The first-order chi connectivity index (χ1) is 9.96. The van der Waals surface area contributed by atoms with Crippen LogP contribution in [0, 0.1) is 0 Å². The summed E-state index contributed by atoms with van der Waals surface area (Å²) in [5.41, 5.74) is 1.04. The van der Waals surface area contributed by atoms with Crippen LogP contribution in [-0.2, 0) is 9.47 Å². The second-order valence-electron chi connectivity index (χ2n) is 5.50. The summed E-state index contributed by atoms with van der Waals surface area (Å²) < 4.78 is 51.6. The van der Waals surface area contributed by atoms with E-state index in [0.717, 1.165) is 31.2 Å². The van der Waals surface area contributed by atoms with E-state index in [0.29, 0.717) is 19.1 Å². The Kier molecular flexibility index (Phi) is 3.84. The molecule has 1 aromatic carbocycles. The average molecular weight is 302 g/mol. The largest absolute Gasteiger partial charge is 0.573 e. The molecule has 3 nitrogen and oxygen atoms in total. The highest BCUT2D eigenvalue weighted by Gasteiger charge is 2.40. The van der Waals surface area contributed by atoms with Gasteiger partial charge in [0.05, 0.1) is 13.2 Å². The van der Waals surface area contributed by atoms with E-state index < -0.39 is 12.1 Å². The van der Waals surface area contributed by atoms with Crippen molar-refractivity contribution in [2.75, 3.05) is 13.2 Å². The van der Waals surface area contributed by atoms with Gasteiger partial charge < -0.3 is 14.2 Å².